The number of amides is 1. The molecule has 0 unspecified atom stereocenters. The van der Waals surface area contributed by atoms with Crippen molar-refractivity contribution < 1.29 is 43.5 Å². The fourth-order valence-electron chi connectivity index (χ4n) is 4.32. The van der Waals surface area contributed by atoms with Crippen LogP contribution in [0.25, 0.3) is 5.69 Å². The van der Waals surface area contributed by atoms with E-state index in [0.717, 1.165) is 30.4 Å². The van der Waals surface area contributed by atoms with E-state index in [2.05, 4.69) is 30.6 Å². The van der Waals surface area contributed by atoms with Gasteiger partial charge in [-0.05, 0) is 62.4 Å². The number of aryl methyl sites for hydroxylation is 1. The predicted molar refractivity (Wildman–Crippen MR) is 178 cm³/mol. The molecule has 1 aromatic heterocycles. The van der Waals surface area contributed by atoms with E-state index in [1.54, 1.807) is 62.4 Å². The normalized spacial score (nSPS) is 15.4. The number of aromatic nitrogens is 2. The molecule has 1 aliphatic carbocycles. The largest absolute Gasteiger partial charge is 3.00 e. The Bertz CT molecular complexity index is 2170. The Kier molecular flexibility index (Phi) is 11.8. The summed E-state index contributed by atoms with van der Waals surface area (Å²) < 4.78 is 1.19. The fraction of sp³-hybridized carbons (Fsp3) is 0.0625. The van der Waals surface area contributed by atoms with Crippen LogP contribution in [-0.4, -0.2) is 48.8 Å². The Labute approximate surface area is 300 Å². The molecule has 1 radical (unpaired) electrons. The van der Waals surface area contributed by atoms with Crippen LogP contribution < -0.4 is 15.2 Å². The average Bonchev–Trinajstić information content (AvgIpc) is 3.56. The Morgan fingerprint density at radius 2 is 1.51 bits per heavy atom. The van der Waals surface area contributed by atoms with E-state index in [9.17, 15) is 40.3 Å². The topological polar surface area (TPSA) is 256 Å². The number of anilines is 1. The molecule has 1 aliphatic heterocycles. The van der Waals surface area contributed by atoms with Gasteiger partial charge >= 0.3 is 24.7 Å². The van der Waals surface area contributed by atoms with Crippen molar-refractivity contribution in [2.45, 2.75) is 13.8 Å². The Morgan fingerprint density at radius 3 is 2.12 bits per heavy atom. The van der Waals surface area contributed by atoms with Crippen LogP contribution >= 0.6 is 0 Å². The van der Waals surface area contributed by atoms with Gasteiger partial charge in [-0.2, -0.15) is 20.3 Å². The molecule has 0 atom stereocenters. The van der Waals surface area contributed by atoms with Crippen LogP contribution in [0.15, 0.2) is 128 Å². The van der Waals surface area contributed by atoms with Gasteiger partial charge in [-0.25, -0.2) is 4.68 Å². The van der Waals surface area contributed by atoms with Crippen LogP contribution in [0.2, 0.25) is 0 Å². The number of para-hydroxylation sites is 2. The van der Waals surface area contributed by atoms with E-state index >= 15 is 0 Å². The summed E-state index contributed by atoms with van der Waals surface area (Å²) in [7, 11) is 0. The molecule has 18 nitrogen and oxygen atoms in total. The van der Waals surface area contributed by atoms with Crippen molar-refractivity contribution in [2.75, 3.05) is 5.01 Å². The molecule has 255 valence electrons. The number of hydrogen-bond acceptors (Lipinski definition) is 15. The number of allylic oxidation sites excluding steroid dienone is 3. The molecule has 6 rings (SSSR count). The molecule has 0 saturated heterocycles. The minimum atomic E-state index is -0.674. The van der Waals surface area contributed by atoms with Gasteiger partial charge in [-0.1, -0.05) is 42.1 Å². The number of rotatable bonds is 7. The molecule has 19 heteroatoms. The molecule has 3 aromatic carbocycles. The number of azo groups is 1. The molecule has 0 N–H and O–H groups in total. The van der Waals surface area contributed by atoms with Crippen LogP contribution in [0.3, 0.4) is 0 Å². The summed E-state index contributed by atoms with van der Waals surface area (Å²) in [6.45, 7) is 3.18. The quantitative estimate of drug-likeness (QED) is 0.113. The van der Waals surface area contributed by atoms with Gasteiger partial charge < -0.3 is 25.9 Å². The Balaban J connectivity index is 0.000000270. The van der Waals surface area contributed by atoms with Crippen molar-refractivity contribution in [3.8, 4) is 17.3 Å². The summed E-state index contributed by atoms with van der Waals surface area (Å²) in [6.07, 6.45) is 3.12. The molecule has 2 heterocycles. The van der Waals surface area contributed by atoms with Gasteiger partial charge in [0, 0.05) is 23.7 Å². The molecule has 4 aromatic rings. The molecule has 0 saturated carbocycles. The number of nitrogens with zero attached hydrogens (tertiary/aromatic N) is 10. The number of carbonyl (C=O) groups is 2. The van der Waals surface area contributed by atoms with Gasteiger partial charge in [0.05, 0.1) is 33.4 Å². The molecule has 51 heavy (non-hydrogen) atoms. The van der Waals surface area contributed by atoms with E-state index in [1.807, 2.05) is 12.1 Å². The first-order valence-corrected chi connectivity index (χ1v) is 14.3. The van der Waals surface area contributed by atoms with Gasteiger partial charge in [0.2, 0.25) is 5.78 Å². The molecular weight excluding hydrogens is 704 g/mol. The molecule has 0 spiro atoms. The zero-order valence-corrected chi connectivity index (χ0v) is 27.7. The van der Waals surface area contributed by atoms with Crippen molar-refractivity contribution in [3.05, 3.63) is 129 Å². The van der Waals surface area contributed by atoms with Crippen molar-refractivity contribution >= 4 is 51.6 Å². The first kappa shape index (κ1) is 37.2. The summed E-state index contributed by atoms with van der Waals surface area (Å²) in [5.41, 5.74) is 0.860. The monoisotopic (exact) mass is 727 g/mol. The third kappa shape index (κ3) is 8.51. The van der Waals surface area contributed by atoms with Crippen molar-refractivity contribution in [3.63, 3.8) is 0 Å². The Morgan fingerprint density at radius 1 is 0.863 bits per heavy atom. The first-order chi connectivity index (χ1) is 23.9. The first-order valence-electron chi connectivity index (χ1n) is 14.3. The summed E-state index contributed by atoms with van der Waals surface area (Å²) in [5.74, 6) is -2.15. The number of hydrazone groups is 1. The number of nitro benzene ring substituents is 1. The smallest absolute Gasteiger partial charge is 0.871 e. The van der Waals surface area contributed by atoms with Crippen LogP contribution in [0.4, 0.5) is 22.7 Å². The summed E-state index contributed by atoms with van der Waals surface area (Å²) >= 11 is 0. The number of hydrogen-bond donors (Lipinski definition) is 0. The van der Waals surface area contributed by atoms with Crippen molar-refractivity contribution in [1.82, 2.24) is 15.0 Å². The standard InChI is InChI=1S/C16H11N5O4.C16H13N5O4.Cr/c1-10-15(16(23)20(19-10)11-5-3-2-4-6-11)18-17-13-9-12(21(24)25)7-8-14(13)22;1-10-15(16(23)20(19-10)11-5-3-2-4-6-11)18-17-13-8-7-12(21(24)25)9-14(13)22;/h2-9H,1H3;2-9,22-23H,1H3;/q-2;;+3/p-1. The van der Waals surface area contributed by atoms with E-state index in [4.69, 9.17) is 0 Å². The average molecular weight is 728 g/mol. The third-order valence-corrected chi connectivity index (χ3v) is 6.80. The molecule has 2 aliphatic rings. The van der Waals surface area contributed by atoms with E-state index in [-0.39, 0.29) is 53.0 Å². The van der Waals surface area contributed by atoms with E-state index in [0.29, 0.717) is 22.8 Å². The SMILES string of the molecule is CC1=NN(c2ccccc2)C(=O)C1=NN=C1C=C(N([O-])[O-])C=CC1=O.Cc1nn(-c2ccccc2)c([O-])c1N=Nc1ccc([N+](=O)[O-])cc1[O-].[Cr+3].[H+]. The number of carbonyl (C=O) groups excluding carboxylic acids is 2. The number of non-ortho nitro benzene ring substituents is 1. The second kappa shape index (κ2) is 16.2. The maximum Gasteiger partial charge on any atom is 3.00 e. The minimum Gasteiger partial charge on any atom is -0.871 e. The van der Waals surface area contributed by atoms with E-state index in [1.165, 1.54) is 15.8 Å². The van der Waals surface area contributed by atoms with Crippen LogP contribution in [0.1, 0.15) is 14.0 Å². The number of ketones is 1. The van der Waals surface area contributed by atoms with Gasteiger partial charge in [0.25, 0.3) is 5.69 Å². The third-order valence-electron chi connectivity index (χ3n) is 6.80. The number of nitro groups is 1. The maximum atomic E-state index is 12.4. The number of benzene rings is 3. The van der Waals surface area contributed by atoms with E-state index < -0.39 is 33.5 Å². The second-order valence-electron chi connectivity index (χ2n) is 10.2. The van der Waals surface area contributed by atoms with Gasteiger partial charge in [0.15, 0.2) is 5.71 Å². The summed E-state index contributed by atoms with van der Waals surface area (Å²) in [5, 5.41) is 80.2. The van der Waals surface area contributed by atoms with Crippen LogP contribution in [0.5, 0.6) is 11.6 Å². The van der Waals surface area contributed by atoms with Gasteiger partial charge in [-0.3, -0.25) is 19.7 Å². The fourth-order valence-corrected chi connectivity index (χ4v) is 4.32. The molecule has 0 bridgehead atoms. The Hall–Kier alpha value is -6.65. The summed E-state index contributed by atoms with van der Waals surface area (Å²) in [6, 6.07) is 20.8. The molecular formula is C32H23CrN10O8. The predicted octanol–water partition coefficient (Wildman–Crippen LogP) is 4.29. The summed E-state index contributed by atoms with van der Waals surface area (Å²) in [4.78, 5) is 34.1. The second-order valence-corrected chi connectivity index (χ2v) is 10.2. The number of hydroxylamine groups is 2. The minimum absolute atomic E-state index is 0. The zero-order valence-electron chi connectivity index (χ0n) is 27.4. The van der Waals surface area contributed by atoms with Gasteiger partial charge in [-0.15, -0.1) is 15.3 Å². The van der Waals surface area contributed by atoms with Gasteiger partial charge in [0.1, 0.15) is 11.4 Å². The van der Waals surface area contributed by atoms with Crippen LogP contribution in [-0.2, 0) is 27.0 Å². The zero-order chi connectivity index (χ0) is 35.9. The molecule has 0 fully saturated rings. The van der Waals surface area contributed by atoms with Crippen molar-refractivity contribution in [1.29, 1.82) is 0 Å². The van der Waals surface area contributed by atoms with Crippen molar-refractivity contribution in [2.24, 2.45) is 25.5 Å². The van der Waals surface area contributed by atoms with Crippen LogP contribution in [0, 0.1) is 27.5 Å². The maximum absolute atomic E-state index is 12.4. The molecule has 1 amide bonds.